The van der Waals surface area contributed by atoms with Crippen LogP contribution in [0.4, 0.5) is 0 Å². The van der Waals surface area contributed by atoms with Crippen LogP contribution in [0, 0.1) is 0 Å². The van der Waals surface area contributed by atoms with Gasteiger partial charge in [-0.2, -0.15) is 0 Å². The van der Waals surface area contributed by atoms with Crippen LogP contribution in [0.15, 0.2) is 0 Å². The van der Waals surface area contributed by atoms with Gasteiger partial charge in [0.1, 0.15) is 73.2 Å². The van der Waals surface area contributed by atoms with E-state index < -0.39 is 129 Å². The topological polar surface area (TPSA) is 336 Å². The largest absolute Gasteiger partial charge is 0.394 e. The molecular formula is C24H45N5O14. The number of aliphatic hydroxyl groups is 7. The Bertz CT molecular complexity index is 930. The molecule has 0 radical (unpaired) electrons. The van der Waals surface area contributed by atoms with Gasteiger partial charge in [0, 0.05) is 18.6 Å². The summed E-state index contributed by atoms with van der Waals surface area (Å²) in [5, 5.41) is 73.5. The normalized spacial score (nSPS) is 55.8. The highest BCUT2D eigenvalue weighted by Gasteiger charge is 2.56. The lowest BCUT2D eigenvalue weighted by Gasteiger charge is -2.47. The van der Waals surface area contributed by atoms with Crippen molar-refractivity contribution in [2.24, 2.45) is 28.7 Å². The molecule has 4 saturated heterocycles. The molecule has 0 spiro atoms. The maximum Gasteiger partial charge on any atom is 0.187 e. The third-order valence-corrected chi connectivity index (χ3v) is 8.89. The number of hydrogen-bond donors (Lipinski definition) is 12. The van der Waals surface area contributed by atoms with Crippen LogP contribution < -0.4 is 28.7 Å². The molecule has 250 valence electrons. The third-order valence-electron chi connectivity index (χ3n) is 8.89. The first-order valence-electron chi connectivity index (χ1n) is 14.3. The third kappa shape index (κ3) is 6.32. The summed E-state index contributed by atoms with van der Waals surface area (Å²) >= 11 is 0. The summed E-state index contributed by atoms with van der Waals surface area (Å²) in [6.45, 7) is -0.871. The Morgan fingerprint density at radius 1 is 0.605 bits per heavy atom. The molecule has 19 nitrogen and oxygen atoms in total. The van der Waals surface area contributed by atoms with Crippen molar-refractivity contribution < 1.29 is 68.9 Å². The Kier molecular flexibility index (Phi) is 10.6. The molecular weight excluding hydrogens is 582 g/mol. The van der Waals surface area contributed by atoms with Gasteiger partial charge in [-0.25, -0.2) is 0 Å². The van der Waals surface area contributed by atoms with Gasteiger partial charge in [0.15, 0.2) is 18.9 Å². The van der Waals surface area contributed by atoms with E-state index in [-0.39, 0.29) is 19.6 Å². The number of hydrogen-bond acceptors (Lipinski definition) is 19. The number of nitrogens with two attached hydrogens (primary N) is 5. The van der Waals surface area contributed by atoms with E-state index in [0.717, 1.165) is 0 Å². The van der Waals surface area contributed by atoms with Crippen molar-refractivity contribution in [2.75, 3.05) is 19.8 Å². The van der Waals surface area contributed by atoms with Gasteiger partial charge in [-0.05, 0) is 6.42 Å². The van der Waals surface area contributed by atoms with E-state index in [1.807, 2.05) is 0 Å². The molecule has 5 rings (SSSR count). The van der Waals surface area contributed by atoms with Crippen molar-refractivity contribution in [1.29, 1.82) is 0 Å². The molecule has 0 aromatic heterocycles. The van der Waals surface area contributed by atoms with E-state index in [2.05, 4.69) is 0 Å². The zero-order valence-electron chi connectivity index (χ0n) is 23.3. The zero-order chi connectivity index (χ0) is 31.3. The summed E-state index contributed by atoms with van der Waals surface area (Å²) in [5.41, 5.74) is 30.2. The second-order valence-corrected chi connectivity index (χ2v) is 11.8. The Morgan fingerprint density at radius 3 is 1.88 bits per heavy atom. The average Bonchev–Trinajstić information content (AvgIpc) is 3.50. The molecule has 17 N–H and O–H groups in total. The van der Waals surface area contributed by atoms with Crippen LogP contribution in [-0.2, 0) is 33.2 Å². The Balaban J connectivity index is 1.30. The molecule has 0 unspecified atom stereocenters. The van der Waals surface area contributed by atoms with Gasteiger partial charge in [0.05, 0.1) is 31.4 Å². The molecule has 0 bridgehead atoms. The lowest BCUT2D eigenvalue weighted by atomic mass is 9.84. The lowest BCUT2D eigenvalue weighted by Crippen LogP contribution is -2.68. The van der Waals surface area contributed by atoms with Crippen LogP contribution >= 0.6 is 0 Å². The average molecular weight is 628 g/mol. The van der Waals surface area contributed by atoms with Crippen LogP contribution in [0.1, 0.15) is 6.42 Å². The summed E-state index contributed by atoms with van der Waals surface area (Å²) in [5.74, 6) is 0. The van der Waals surface area contributed by atoms with E-state index in [9.17, 15) is 35.7 Å². The Labute approximate surface area is 246 Å². The van der Waals surface area contributed by atoms with Gasteiger partial charge >= 0.3 is 0 Å². The molecule has 5 aliphatic rings. The van der Waals surface area contributed by atoms with E-state index in [4.69, 9.17) is 61.8 Å². The fourth-order valence-electron chi connectivity index (χ4n) is 6.30. The SMILES string of the molecule is NC[C@@H]1O[C@H](O[C@H]2[C@@H](O)[C@H](O[C@@H]3[C@@H](O)[C@H](N)C[C@H](N)[C@H]3O[C@H]3O[C@H]4[C@@H](OC[C@@H]4O)[C@H](O)[C@H]3N)O[C@@H]2CO)[C@H](N)[C@@H](O)[C@@H]1O. The number of rotatable bonds is 8. The van der Waals surface area contributed by atoms with Crippen molar-refractivity contribution in [3.05, 3.63) is 0 Å². The summed E-state index contributed by atoms with van der Waals surface area (Å²) in [6, 6.07) is -4.07. The minimum absolute atomic E-state index is 0.0660. The molecule has 4 heterocycles. The van der Waals surface area contributed by atoms with Gasteiger partial charge in [0.2, 0.25) is 0 Å². The van der Waals surface area contributed by atoms with Crippen LogP contribution in [0.25, 0.3) is 0 Å². The first-order chi connectivity index (χ1) is 20.4. The highest BCUT2D eigenvalue weighted by molar-refractivity contribution is 5.03. The number of aliphatic hydroxyl groups excluding tert-OH is 7. The minimum atomic E-state index is -1.60. The maximum atomic E-state index is 11.1. The molecule has 5 fully saturated rings. The van der Waals surface area contributed by atoms with E-state index in [1.54, 1.807) is 0 Å². The first kappa shape index (κ1) is 33.6. The predicted octanol–water partition coefficient (Wildman–Crippen LogP) is -8.46. The van der Waals surface area contributed by atoms with E-state index in [0.29, 0.717) is 0 Å². The molecule has 0 aromatic carbocycles. The van der Waals surface area contributed by atoms with Crippen molar-refractivity contribution in [3.8, 4) is 0 Å². The van der Waals surface area contributed by atoms with Crippen molar-refractivity contribution >= 4 is 0 Å². The fraction of sp³-hybridized carbons (Fsp3) is 1.00. The van der Waals surface area contributed by atoms with Crippen molar-refractivity contribution in [1.82, 2.24) is 0 Å². The predicted molar refractivity (Wildman–Crippen MR) is 139 cm³/mol. The van der Waals surface area contributed by atoms with Crippen LogP contribution in [0.5, 0.6) is 0 Å². The highest BCUT2D eigenvalue weighted by Crippen LogP contribution is 2.35. The molecule has 1 aliphatic carbocycles. The Hall–Kier alpha value is -0.760. The quantitative estimate of drug-likeness (QED) is 0.119. The molecule has 19 heteroatoms. The van der Waals surface area contributed by atoms with Crippen LogP contribution in [-0.4, -0.2) is 178 Å². The van der Waals surface area contributed by atoms with Crippen molar-refractivity contribution in [2.45, 2.75) is 129 Å². The van der Waals surface area contributed by atoms with Crippen LogP contribution in [0.2, 0.25) is 0 Å². The molecule has 20 atom stereocenters. The zero-order valence-corrected chi connectivity index (χ0v) is 23.3. The fourth-order valence-corrected chi connectivity index (χ4v) is 6.30. The first-order valence-corrected chi connectivity index (χ1v) is 14.3. The van der Waals surface area contributed by atoms with Crippen LogP contribution in [0.3, 0.4) is 0 Å². The maximum absolute atomic E-state index is 11.1. The molecule has 4 aliphatic heterocycles. The lowest BCUT2D eigenvalue weighted by molar-refractivity contribution is -0.306. The monoisotopic (exact) mass is 627 g/mol. The van der Waals surface area contributed by atoms with Gasteiger partial charge in [0.25, 0.3) is 0 Å². The Morgan fingerprint density at radius 2 is 1.21 bits per heavy atom. The summed E-state index contributed by atoms with van der Waals surface area (Å²) in [6.07, 6.45) is -20.0. The summed E-state index contributed by atoms with van der Waals surface area (Å²) < 4.78 is 40.4. The molecule has 0 aromatic rings. The standard InChI is InChI=1S/C24H45N5O14/c25-2-8-13(33)14(34)10(28)22(38-8)42-19-9(3-30)39-24(16(19)36)43-21-12(32)5(26)1-6(27)17(21)40-23-11(29)15(35)20-18(41-23)7(31)4-37-20/h5-24,30-36H,1-4,25-29H2/t5-,6+,7+,8+,9-,10-,11-,12+,13-,14-,15-,16-,17-,18-,19-,20+,21-,22-,23+,24+/m1/s1. The van der Waals surface area contributed by atoms with E-state index in [1.165, 1.54) is 0 Å². The van der Waals surface area contributed by atoms with Gasteiger partial charge in [-0.1, -0.05) is 0 Å². The minimum Gasteiger partial charge on any atom is -0.394 e. The number of ether oxygens (including phenoxy) is 7. The molecule has 43 heavy (non-hydrogen) atoms. The van der Waals surface area contributed by atoms with Gasteiger partial charge in [-0.15, -0.1) is 0 Å². The van der Waals surface area contributed by atoms with E-state index >= 15 is 0 Å². The summed E-state index contributed by atoms with van der Waals surface area (Å²) in [7, 11) is 0. The van der Waals surface area contributed by atoms with Gasteiger partial charge in [-0.3, -0.25) is 0 Å². The smallest absolute Gasteiger partial charge is 0.187 e. The molecule has 0 amide bonds. The molecule has 1 saturated carbocycles. The highest BCUT2D eigenvalue weighted by atomic mass is 16.8. The second-order valence-electron chi connectivity index (χ2n) is 11.8. The van der Waals surface area contributed by atoms with Crippen molar-refractivity contribution in [3.63, 3.8) is 0 Å². The number of fused-ring (bicyclic) bond motifs is 1. The summed E-state index contributed by atoms with van der Waals surface area (Å²) in [4.78, 5) is 0. The van der Waals surface area contributed by atoms with Gasteiger partial charge < -0.3 is 97.6 Å². The second kappa shape index (κ2) is 13.5.